The lowest BCUT2D eigenvalue weighted by molar-refractivity contribution is 0.477. The van der Waals surface area contributed by atoms with Crippen LogP contribution in [0.2, 0.25) is 0 Å². The van der Waals surface area contributed by atoms with Crippen molar-refractivity contribution in [1.82, 2.24) is 0 Å². The van der Waals surface area contributed by atoms with E-state index in [0.29, 0.717) is 0 Å². The molecule has 1 aliphatic heterocycles. The summed E-state index contributed by atoms with van der Waals surface area (Å²) in [6, 6.07) is 119. The van der Waals surface area contributed by atoms with Crippen molar-refractivity contribution in [1.29, 1.82) is 0 Å². The van der Waals surface area contributed by atoms with Crippen LogP contribution in [0, 0.1) is 0 Å². The molecule has 0 saturated carbocycles. The predicted molar refractivity (Wildman–Crippen MR) is 374 cm³/mol. The molecular weight excluding hydrogens is 1060 g/mol. The van der Waals surface area contributed by atoms with Crippen molar-refractivity contribution in [2.24, 2.45) is 0 Å². The van der Waals surface area contributed by atoms with Crippen LogP contribution in [0.15, 0.2) is 322 Å². The summed E-state index contributed by atoms with van der Waals surface area (Å²) in [6.07, 6.45) is 0. The van der Waals surface area contributed by atoms with E-state index in [-0.39, 0.29) is 0 Å². The fourth-order valence-electron chi connectivity index (χ4n) is 14.5. The van der Waals surface area contributed by atoms with Crippen molar-refractivity contribution in [3.63, 3.8) is 0 Å². The highest BCUT2D eigenvalue weighted by Gasteiger charge is 2.28. The summed E-state index contributed by atoms with van der Waals surface area (Å²) in [6.45, 7) is 0. The number of benzene rings is 17. The van der Waals surface area contributed by atoms with Gasteiger partial charge >= 0.3 is 0 Å². The molecule has 0 saturated heterocycles. The second-order valence-corrected chi connectivity index (χ2v) is 23.5. The van der Waals surface area contributed by atoms with Gasteiger partial charge in [-0.3, -0.25) is 0 Å². The number of fused-ring (bicyclic) bond motifs is 10. The molecule has 0 aliphatic carbocycles. The van der Waals surface area contributed by atoms with Crippen molar-refractivity contribution in [2.45, 2.75) is 0 Å². The maximum Gasteiger partial charge on any atom is 0.151 e. The molecule has 2 nitrogen and oxygen atoms in total. The Labute approximate surface area is 509 Å². The number of nitrogens with zero attached hydrogens (tertiary/aromatic N) is 1. The first-order valence-corrected chi connectivity index (χ1v) is 30.4. The van der Waals surface area contributed by atoms with Gasteiger partial charge in [-0.1, -0.05) is 218 Å². The number of ether oxygens (including phenoxy) is 1. The third kappa shape index (κ3) is 8.11. The summed E-state index contributed by atoms with van der Waals surface area (Å²) in [4.78, 5) is 2.41. The van der Waals surface area contributed by atoms with Crippen LogP contribution in [0.4, 0.5) is 17.1 Å². The lowest BCUT2D eigenvalue weighted by Gasteiger charge is -2.33. The van der Waals surface area contributed by atoms with Crippen LogP contribution in [0.5, 0.6) is 11.5 Å². The van der Waals surface area contributed by atoms with Crippen LogP contribution in [0.1, 0.15) is 0 Å². The third-order valence-electron chi connectivity index (χ3n) is 18.4. The van der Waals surface area contributed by atoms with Gasteiger partial charge in [-0.15, -0.1) is 0 Å². The normalized spacial score (nSPS) is 12.2. The maximum absolute atomic E-state index is 6.76. The lowest BCUT2D eigenvalue weighted by Crippen LogP contribution is -2.15. The van der Waals surface area contributed by atoms with Crippen LogP contribution in [-0.4, -0.2) is 0 Å². The molecule has 0 unspecified atom stereocenters. The Morgan fingerprint density at radius 1 is 0.182 bits per heavy atom. The Morgan fingerprint density at radius 3 is 0.659 bits per heavy atom. The van der Waals surface area contributed by atoms with E-state index in [4.69, 9.17) is 4.74 Å². The van der Waals surface area contributed by atoms with E-state index in [9.17, 15) is 0 Å². The van der Waals surface area contributed by atoms with Crippen LogP contribution in [-0.2, 0) is 0 Å². The van der Waals surface area contributed by atoms with Crippen LogP contribution in [0.3, 0.4) is 0 Å². The molecule has 1 aliphatic rings. The summed E-state index contributed by atoms with van der Waals surface area (Å²) < 4.78 is 6.76. The van der Waals surface area contributed by atoms with Gasteiger partial charge in [0.15, 0.2) is 11.5 Å². The van der Waals surface area contributed by atoms with Gasteiger partial charge < -0.3 is 9.64 Å². The molecule has 0 amide bonds. The van der Waals surface area contributed by atoms with E-state index < -0.39 is 0 Å². The fraction of sp³-hybridized carbons (Fsp3) is 0. The first-order valence-electron chi connectivity index (χ1n) is 30.4. The maximum atomic E-state index is 6.76. The zero-order valence-electron chi connectivity index (χ0n) is 48.0. The fourth-order valence-corrected chi connectivity index (χ4v) is 14.5. The standard InChI is InChI=1S/C86H53NO/c1-9-29-71-54(21-1)41-55-22-2-10-30-72(55)83(71)66-46-62(47-67(50-66)84-73-31-11-3-23-56(73)42-57-24-4-12-32-74(57)84)64-45-65(53-70(52-64)87-79-37-17-19-39-81(79)88-82-40-20-18-38-80(82)87)63-48-68(85-75-33-13-5-25-58(75)43-59-26-6-14-34-76(59)85)51-69(49-63)86-77-35-15-7-27-60(77)44-61-28-8-16-36-78(61)86/h1-53H. The lowest BCUT2D eigenvalue weighted by atomic mass is 9.84. The quantitative estimate of drug-likeness (QED) is 0.148. The van der Waals surface area contributed by atoms with E-state index >= 15 is 0 Å². The van der Waals surface area contributed by atoms with Crippen molar-refractivity contribution >= 4 is 103 Å². The Balaban J connectivity index is 0.981. The molecule has 0 bridgehead atoms. The minimum Gasteiger partial charge on any atom is -0.453 e. The van der Waals surface area contributed by atoms with Gasteiger partial charge in [-0.2, -0.15) is 0 Å². The molecule has 0 radical (unpaired) electrons. The Morgan fingerprint density at radius 2 is 0.386 bits per heavy atom. The van der Waals surface area contributed by atoms with E-state index in [1.54, 1.807) is 0 Å². The van der Waals surface area contributed by atoms with Gasteiger partial charge in [0.1, 0.15) is 0 Å². The highest BCUT2D eigenvalue weighted by Crippen LogP contribution is 2.53. The van der Waals surface area contributed by atoms with Crippen molar-refractivity contribution in [3.8, 4) is 78.3 Å². The average Bonchev–Trinajstić information content (AvgIpc) is 1.64. The van der Waals surface area contributed by atoms with Crippen LogP contribution < -0.4 is 9.64 Å². The summed E-state index contributed by atoms with van der Waals surface area (Å²) >= 11 is 0. The highest BCUT2D eigenvalue weighted by molar-refractivity contribution is 6.19. The summed E-state index contributed by atoms with van der Waals surface area (Å²) in [7, 11) is 0. The monoisotopic (exact) mass is 1120 g/mol. The molecular formula is C86H53NO. The zero-order valence-corrected chi connectivity index (χ0v) is 48.0. The molecule has 2 heteroatoms. The number of anilines is 3. The molecule has 0 spiro atoms. The largest absolute Gasteiger partial charge is 0.453 e. The van der Waals surface area contributed by atoms with E-state index in [2.05, 4.69) is 326 Å². The second kappa shape index (κ2) is 20.0. The van der Waals surface area contributed by atoms with E-state index in [0.717, 1.165) is 73.1 Å². The molecule has 0 N–H and O–H groups in total. The van der Waals surface area contributed by atoms with E-state index in [1.165, 1.54) is 108 Å². The van der Waals surface area contributed by atoms with Crippen molar-refractivity contribution < 1.29 is 4.74 Å². The molecule has 0 atom stereocenters. The molecule has 1 heterocycles. The number of rotatable bonds is 7. The molecule has 0 aromatic heterocycles. The molecule has 0 fully saturated rings. The summed E-state index contributed by atoms with van der Waals surface area (Å²) in [5.41, 5.74) is 16.8. The third-order valence-corrected chi connectivity index (χ3v) is 18.4. The Hall–Kier alpha value is -11.6. The minimum absolute atomic E-state index is 0.804. The summed E-state index contributed by atoms with van der Waals surface area (Å²) in [5.74, 6) is 1.61. The first-order chi connectivity index (χ1) is 43.6. The van der Waals surface area contributed by atoms with Gasteiger partial charge in [-0.25, -0.2) is 0 Å². The topological polar surface area (TPSA) is 12.5 Å². The molecule has 88 heavy (non-hydrogen) atoms. The molecule has 17 aromatic carbocycles. The molecule has 18 rings (SSSR count). The number of para-hydroxylation sites is 4. The van der Waals surface area contributed by atoms with E-state index in [1.807, 2.05) is 0 Å². The SMILES string of the molecule is c1ccc2c(c1)Oc1ccccc1N2c1cc(-c2cc(-c3c4ccccc4cc4ccccc34)cc(-c3c4ccccc4cc4ccccc34)c2)cc(-c2cc(-c3c4ccccc4cc4ccccc34)cc(-c3c4ccccc4cc4ccccc34)c2)c1. The van der Waals surface area contributed by atoms with Crippen LogP contribution >= 0.6 is 0 Å². The Bertz CT molecular complexity index is 4920. The van der Waals surface area contributed by atoms with Gasteiger partial charge in [0.25, 0.3) is 0 Å². The zero-order chi connectivity index (χ0) is 57.8. The smallest absolute Gasteiger partial charge is 0.151 e. The summed E-state index contributed by atoms with van der Waals surface area (Å²) in [5, 5.41) is 19.4. The van der Waals surface area contributed by atoms with Gasteiger partial charge in [-0.05, 0) is 256 Å². The Kier molecular flexibility index (Phi) is 11.3. The predicted octanol–water partition coefficient (Wildman–Crippen LogP) is 24.5. The minimum atomic E-state index is 0.804. The van der Waals surface area contributed by atoms with Crippen molar-refractivity contribution in [3.05, 3.63) is 322 Å². The number of hydrogen-bond acceptors (Lipinski definition) is 2. The molecule has 408 valence electrons. The number of hydrogen-bond donors (Lipinski definition) is 0. The van der Waals surface area contributed by atoms with Gasteiger partial charge in [0.2, 0.25) is 0 Å². The van der Waals surface area contributed by atoms with Gasteiger partial charge in [0.05, 0.1) is 11.4 Å². The highest BCUT2D eigenvalue weighted by atomic mass is 16.5. The second-order valence-electron chi connectivity index (χ2n) is 23.5. The van der Waals surface area contributed by atoms with Gasteiger partial charge in [0, 0.05) is 5.69 Å². The first kappa shape index (κ1) is 49.8. The molecule has 17 aromatic rings. The average molecular weight is 1120 g/mol. The van der Waals surface area contributed by atoms with Crippen molar-refractivity contribution in [2.75, 3.05) is 4.90 Å². The van der Waals surface area contributed by atoms with Crippen LogP contribution in [0.25, 0.3) is 153 Å².